The van der Waals surface area contributed by atoms with Crippen molar-refractivity contribution in [2.75, 3.05) is 13.7 Å². The van der Waals surface area contributed by atoms with Gasteiger partial charge in [-0.3, -0.25) is 4.79 Å². The number of ketones is 1. The molecule has 9 nitrogen and oxygen atoms in total. The van der Waals surface area contributed by atoms with Gasteiger partial charge in [0.2, 0.25) is 0 Å². The molecule has 1 heterocycles. The highest BCUT2D eigenvalue weighted by molar-refractivity contribution is 5.83. The summed E-state index contributed by atoms with van der Waals surface area (Å²) in [5.74, 6) is 1.39. The predicted octanol–water partition coefficient (Wildman–Crippen LogP) is 1.57. The lowest BCUT2D eigenvalue weighted by Crippen LogP contribution is -2.61. The fraction of sp³-hybridized carbons (Fsp3) is 0.929. The van der Waals surface area contributed by atoms with E-state index in [1.165, 1.54) is 7.11 Å². The van der Waals surface area contributed by atoms with Crippen LogP contribution in [0.1, 0.15) is 71.6 Å². The summed E-state index contributed by atoms with van der Waals surface area (Å²) in [5, 5.41) is 40.5. The van der Waals surface area contributed by atoms with Crippen molar-refractivity contribution in [2.24, 2.45) is 40.4 Å². The van der Waals surface area contributed by atoms with E-state index in [1.54, 1.807) is 0 Å². The van der Waals surface area contributed by atoms with E-state index < -0.39 is 36.7 Å². The molecule has 0 radical (unpaired) electrons. The number of carbonyl (C=O) groups is 2. The van der Waals surface area contributed by atoms with Crippen molar-refractivity contribution < 1.29 is 44.2 Å². The summed E-state index contributed by atoms with van der Waals surface area (Å²) in [4.78, 5) is 24.5. The van der Waals surface area contributed by atoms with E-state index in [0.717, 1.165) is 57.8 Å². The Morgan fingerprint density at radius 2 is 1.59 bits per heavy atom. The van der Waals surface area contributed by atoms with Crippen molar-refractivity contribution >= 4 is 11.8 Å². The molecule has 0 unspecified atom stereocenters. The van der Waals surface area contributed by atoms with Gasteiger partial charge in [0.15, 0.2) is 18.2 Å². The van der Waals surface area contributed by atoms with Gasteiger partial charge in [-0.15, -0.1) is 0 Å². The number of rotatable bonds is 5. The second-order valence-corrected chi connectivity index (χ2v) is 12.9. The van der Waals surface area contributed by atoms with E-state index in [0.29, 0.717) is 23.7 Å². The number of esters is 1. The van der Waals surface area contributed by atoms with Gasteiger partial charge in [-0.1, -0.05) is 13.8 Å². The van der Waals surface area contributed by atoms with Gasteiger partial charge in [0.25, 0.3) is 0 Å². The maximum Gasteiger partial charge on any atom is 0.337 e. The van der Waals surface area contributed by atoms with E-state index in [2.05, 4.69) is 18.6 Å². The number of fused-ring (bicyclic) bond motifs is 5. The van der Waals surface area contributed by atoms with Crippen molar-refractivity contribution in [1.29, 1.82) is 0 Å². The first-order valence-electron chi connectivity index (χ1n) is 14.1. The van der Waals surface area contributed by atoms with Crippen LogP contribution < -0.4 is 0 Å². The van der Waals surface area contributed by atoms with Crippen molar-refractivity contribution in [3.05, 3.63) is 0 Å². The monoisotopic (exact) mass is 524 g/mol. The molecule has 5 fully saturated rings. The van der Waals surface area contributed by atoms with Crippen LogP contribution in [-0.4, -0.2) is 82.7 Å². The van der Waals surface area contributed by atoms with Gasteiger partial charge < -0.3 is 34.6 Å². The Hall–Kier alpha value is -1.10. The van der Waals surface area contributed by atoms with Crippen molar-refractivity contribution in [2.45, 2.75) is 108 Å². The van der Waals surface area contributed by atoms with Crippen LogP contribution in [0.5, 0.6) is 0 Å². The summed E-state index contributed by atoms with van der Waals surface area (Å²) in [6.07, 6.45) is 1.50. The second-order valence-electron chi connectivity index (χ2n) is 12.9. The molecule has 9 heteroatoms. The SMILES string of the molecule is COC(=O)[C@H]1O[C@@H](O[C@@H]2CC[C@@]3(C)[C@@H](CC[C@@H]4[C@@H]3CC[C@]3(C)[C@@H](C(=O)CO)CC[C@@H]43)C2)[C@H](O)[C@@H](O)[C@@H]1O. The van der Waals surface area contributed by atoms with Gasteiger partial charge in [0.05, 0.1) is 13.2 Å². The van der Waals surface area contributed by atoms with Crippen LogP contribution in [0.2, 0.25) is 0 Å². The molecule has 1 saturated heterocycles. The normalized spacial score (nSPS) is 51.5. The second kappa shape index (κ2) is 10.1. The van der Waals surface area contributed by atoms with Crippen LogP contribution >= 0.6 is 0 Å². The van der Waals surface area contributed by atoms with Crippen molar-refractivity contribution in [3.8, 4) is 0 Å². The van der Waals surface area contributed by atoms with Gasteiger partial charge >= 0.3 is 5.97 Å². The lowest BCUT2D eigenvalue weighted by Gasteiger charge is -2.61. The van der Waals surface area contributed by atoms with Gasteiger partial charge in [0.1, 0.15) is 24.9 Å². The largest absolute Gasteiger partial charge is 0.467 e. The van der Waals surface area contributed by atoms with E-state index in [1.807, 2.05) is 0 Å². The van der Waals surface area contributed by atoms with Crippen molar-refractivity contribution in [1.82, 2.24) is 0 Å². The topological polar surface area (TPSA) is 143 Å². The molecule has 4 aliphatic carbocycles. The molecule has 4 N–H and O–H groups in total. The number of aliphatic hydroxyl groups is 4. The van der Waals surface area contributed by atoms with Gasteiger partial charge in [0, 0.05) is 5.92 Å². The van der Waals surface area contributed by atoms with Crippen LogP contribution in [0.3, 0.4) is 0 Å². The van der Waals surface area contributed by atoms with Crippen molar-refractivity contribution in [3.63, 3.8) is 0 Å². The summed E-state index contributed by atoms with van der Waals surface area (Å²) in [6.45, 7) is 4.37. The van der Waals surface area contributed by atoms with Crippen LogP contribution in [0, 0.1) is 40.4 Å². The smallest absolute Gasteiger partial charge is 0.337 e. The number of hydrogen-bond acceptors (Lipinski definition) is 9. The van der Waals surface area contributed by atoms with E-state index in [4.69, 9.17) is 9.47 Å². The zero-order valence-electron chi connectivity index (χ0n) is 22.3. The molecule has 37 heavy (non-hydrogen) atoms. The molecule has 0 bridgehead atoms. The first-order chi connectivity index (χ1) is 17.5. The summed E-state index contributed by atoms with van der Waals surface area (Å²) in [7, 11) is 1.17. The lowest BCUT2D eigenvalue weighted by atomic mass is 9.44. The highest BCUT2D eigenvalue weighted by Gasteiger charge is 2.61. The van der Waals surface area contributed by atoms with E-state index in [-0.39, 0.29) is 35.2 Å². The Morgan fingerprint density at radius 1 is 0.892 bits per heavy atom. The van der Waals surface area contributed by atoms with E-state index in [9.17, 15) is 30.0 Å². The average Bonchev–Trinajstić information content (AvgIpc) is 3.25. The van der Waals surface area contributed by atoms with Crippen LogP contribution in [0.15, 0.2) is 0 Å². The fourth-order valence-electron chi connectivity index (χ4n) is 9.44. The molecule has 0 aromatic rings. The first-order valence-corrected chi connectivity index (χ1v) is 14.1. The summed E-state index contributed by atoms with van der Waals surface area (Å²) in [5.41, 5.74) is 0.181. The average molecular weight is 525 g/mol. The van der Waals surface area contributed by atoms with Gasteiger partial charge in [-0.25, -0.2) is 4.79 Å². The zero-order chi connectivity index (χ0) is 26.7. The molecule has 0 aromatic carbocycles. The van der Waals surface area contributed by atoms with Crippen LogP contribution in [0.4, 0.5) is 0 Å². The highest BCUT2D eigenvalue weighted by atomic mass is 16.7. The molecule has 0 amide bonds. The Bertz CT molecular complexity index is 880. The van der Waals surface area contributed by atoms with Gasteiger partial charge in [-0.05, 0) is 92.3 Å². The minimum absolute atomic E-state index is 0.000525. The third kappa shape index (κ3) is 4.38. The molecule has 5 aliphatic rings. The fourth-order valence-corrected chi connectivity index (χ4v) is 9.44. The van der Waals surface area contributed by atoms with E-state index >= 15 is 0 Å². The Labute approximate surface area is 218 Å². The third-order valence-electron chi connectivity index (χ3n) is 11.5. The lowest BCUT2D eigenvalue weighted by molar-refractivity contribution is -0.310. The maximum atomic E-state index is 12.5. The Morgan fingerprint density at radius 3 is 2.30 bits per heavy atom. The number of ether oxygens (including phenoxy) is 3. The first kappa shape index (κ1) is 27.5. The number of aliphatic hydroxyl groups excluding tert-OH is 4. The summed E-state index contributed by atoms with van der Waals surface area (Å²) >= 11 is 0. The zero-order valence-corrected chi connectivity index (χ0v) is 22.3. The molecular weight excluding hydrogens is 480 g/mol. The highest BCUT2D eigenvalue weighted by Crippen LogP contribution is 2.67. The molecule has 1 aliphatic heterocycles. The quantitative estimate of drug-likeness (QED) is 0.311. The molecule has 210 valence electrons. The molecule has 0 aromatic heterocycles. The van der Waals surface area contributed by atoms with Gasteiger partial charge in [-0.2, -0.15) is 0 Å². The molecule has 13 atom stereocenters. The van der Waals surface area contributed by atoms with Crippen LogP contribution in [-0.2, 0) is 23.8 Å². The minimum Gasteiger partial charge on any atom is -0.467 e. The number of methoxy groups -OCH3 is 1. The number of hydrogen-bond donors (Lipinski definition) is 4. The predicted molar refractivity (Wildman–Crippen MR) is 131 cm³/mol. The number of carbonyl (C=O) groups excluding carboxylic acids is 2. The molecule has 5 rings (SSSR count). The summed E-state index contributed by atoms with van der Waals surface area (Å²) in [6, 6.07) is 0. The summed E-state index contributed by atoms with van der Waals surface area (Å²) < 4.78 is 16.4. The Kier molecular flexibility index (Phi) is 7.53. The molecule has 4 saturated carbocycles. The minimum atomic E-state index is -1.59. The van der Waals surface area contributed by atoms with Crippen LogP contribution in [0.25, 0.3) is 0 Å². The standard InChI is InChI=1S/C28H44O9/c1-27-10-8-15(36-26-23(33)21(31)22(32)24(37-26)25(34)35-3)12-14(27)4-5-16-17-6-7-19(20(30)13-29)28(17,2)11-9-18(16)27/h14-19,21-24,26,29,31-33H,4-13H2,1-3H3/t14-,15+,16-,17-,18-,19+,21-,22-,23+,24-,26+,27-,28-/m0/s1. The number of Topliss-reactive ketones (excluding diaryl/α,β-unsaturated/α-hetero) is 1. The Balaban J connectivity index is 1.25. The molecular formula is C28H44O9. The maximum absolute atomic E-state index is 12.5. The third-order valence-corrected chi connectivity index (χ3v) is 11.5. The molecule has 0 spiro atoms.